The zero-order valence-electron chi connectivity index (χ0n) is 16.7. The number of anilines is 2. The Kier molecular flexibility index (Phi) is 4.73. The number of hydrogen-bond acceptors (Lipinski definition) is 3. The number of fused-ring (bicyclic) bond motifs is 2. The number of amides is 1. The van der Waals surface area contributed by atoms with Gasteiger partial charge in [0.1, 0.15) is 11.7 Å². The van der Waals surface area contributed by atoms with E-state index in [1.165, 1.54) is 36.5 Å². The van der Waals surface area contributed by atoms with Crippen LogP contribution in [0, 0.1) is 5.82 Å². The SMILES string of the molecule is O=C1Nc2ccc(F)cc2C1C=Nc1ccc(N2Cc3ccccc3C2)c(C(F)(F)F)c1. The number of nitrogens with one attached hydrogen (secondary N) is 1. The van der Waals surface area contributed by atoms with Crippen LogP contribution in [0.5, 0.6) is 0 Å². The molecule has 4 nitrogen and oxygen atoms in total. The molecule has 2 aliphatic heterocycles. The summed E-state index contributed by atoms with van der Waals surface area (Å²) in [5.41, 5.74) is 2.23. The van der Waals surface area contributed by atoms with E-state index in [-0.39, 0.29) is 11.4 Å². The molecule has 1 unspecified atom stereocenters. The maximum absolute atomic E-state index is 13.9. The summed E-state index contributed by atoms with van der Waals surface area (Å²) in [6.07, 6.45) is -3.32. The molecule has 0 bridgehead atoms. The van der Waals surface area contributed by atoms with E-state index in [0.29, 0.717) is 24.3 Å². The zero-order valence-corrected chi connectivity index (χ0v) is 16.7. The first-order chi connectivity index (χ1) is 15.3. The summed E-state index contributed by atoms with van der Waals surface area (Å²) in [6.45, 7) is 0.791. The number of nitrogens with zero attached hydrogens (tertiary/aromatic N) is 2. The highest BCUT2D eigenvalue weighted by Crippen LogP contribution is 2.41. The molecule has 1 atom stereocenters. The van der Waals surface area contributed by atoms with Crippen LogP contribution < -0.4 is 10.2 Å². The van der Waals surface area contributed by atoms with Crippen molar-refractivity contribution in [1.82, 2.24) is 0 Å². The lowest BCUT2D eigenvalue weighted by atomic mass is 10.0. The number of aliphatic imine (C=N–C) groups is 1. The Morgan fingerprint density at radius 1 is 1.00 bits per heavy atom. The molecule has 2 aliphatic rings. The van der Waals surface area contributed by atoms with Gasteiger partial charge in [0.25, 0.3) is 0 Å². The Morgan fingerprint density at radius 3 is 2.41 bits per heavy atom. The van der Waals surface area contributed by atoms with Gasteiger partial charge in [-0.1, -0.05) is 24.3 Å². The van der Waals surface area contributed by atoms with Crippen LogP contribution in [0.25, 0.3) is 0 Å². The predicted molar refractivity (Wildman–Crippen MR) is 114 cm³/mol. The minimum absolute atomic E-state index is 0.0652. The van der Waals surface area contributed by atoms with Gasteiger partial charge in [-0.3, -0.25) is 9.79 Å². The van der Waals surface area contributed by atoms with Crippen LogP contribution in [-0.4, -0.2) is 12.1 Å². The van der Waals surface area contributed by atoms with Crippen LogP contribution in [0.3, 0.4) is 0 Å². The van der Waals surface area contributed by atoms with Gasteiger partial charge in [0.15, 0.2) is 0 Å². The smallest absolute Gasteiger partial charge is 0.362 e. The fraction of sp³-hybridized carbons (Fsp3) is 0.167. The van der Waals surface area contributed by atoms with Crippen LogP contribution in [0.4, 0.5) is 34.6 Å². The van der Waals surface area contributed by atoms with Crippen molar-refractivity contribution in [3.63, 3.8) is 0 Å². The van der Waals surface area contributed by atoms with Gasteiger partial charge in [0, 0.05) is 30.7 Å². The van der Waals surface area contributed by atoms with Crippen molar-refractivity contribution in [1.29, 1.82) is 0 Å². The van der Waals surface area contributed by atoms with E-state index in [1.807, 2.05) is 24.3 Å². The zero-order chi connectivity index (χ0) is 22.5. The van der Waals surface area contributed by atoms with E-state index in [1.54, 1.807) is 4.90 Å². The molecule has 0 saturated carbocycles. The average molecular weight is 439 g/mol. The highest BCUT2D eigenvalue weighted by molar-refractivity contribution is 6.12. The van der Waals surface area contributed by atoms with Gasteiger partial charge in [-0.05, 0) is 53.1 Å². The Balaban J connectivity index is 1.46. The predicted octanol–water partition coefficient (Wildman–Crippen LogP) is 5.80. The van der Waals surface area contributed by atoms with Gasteiger partial charge in [-0.25, -0.2) is 4.39 Å². The van der Waals surface area contributed by atoms with Crippen molar-refractivity contribution >= 4 is 29.2 Å². The first-order valence-electron chi connectivity index (χ1n) is 9.97. The number of carbonyl (C=O) groups excluding carboxylic acids is 1. The average Bonchev–Trinajstić information content (AvgIpc) is 3.31. The fourth-order valence-electron chi connectivity index (χ4n) is 4.18. The molecule has 0 aliphatic carbocycles. The Morgan fingerprint density at radius 2 is 1.72 bits per heavy atom. The Bertz CT molecular complexity index is 1230. The summed E-state index contributed by atoms with van der Waals surface area (Å²) in [5.74, 6) is -1.78. The monoisotopic (exact) mass is 439 g/mol. The molecule has 8 heteroatoms. The number of hydrogen-bond donors (Lipinski definition) is 1. The van der Waals surface area contributed by atoms with Gasteiger partial charge in [0.2, 0.25) is 5.91 Å². The van der Waals surface area contributed by atoms with Gasteiger partial charge < -0.3 is 10.2 Å². The number of benzene rings is 3. The van der Waals surface area contributed by atoms with Crippen LogP contribution in [0.1, 0.15) is 28.2 Å². The third kappa shape index (κ3) is 3.62. The first-order valence-corrected chi connectivity index (χ1v) is 9.97. The number of carbonyl (C=O) groups is 1. The molecule has 0 saturated heterocycles. The second-order valence-electron chi connectivity index (χ2n) is 7.80. The van der Waals surface area contributed by atoms with Gasteiger partial charge in [-0.2, -0.15) is 13.2 Å². The van der Waals surface area contributed by atoms with Crippen LogP contribution >= 0.6 is 0 Å². The second kappa shape index (κ2) is 7.47. The van der Waals surface area contributed by atoms with Crippen molar-refractivity contribution in [3.05, 3.63) is 88.7 Å². The maximum atomic E-state index is 13.9. The molecule has 0 radical (unpaired) electrons. The maximum Gasteiger partial charge on any atom is 0.418 e. The molecular formula is C24H17F4N3O. The minimum Gasteiger partial charge on any atom is -0.362 e. The highest BCUT2D eigenvalue weighted by atomic mass is 19.4. The molecule has 32 heavy (non-hydrogen) atoms. The largest absolute Gasteiger partial charge is 0.418 e. The van der Waals surface area contributed by atoms with Crippen molar-refractivity contribution in [2.45, 2.75) is 25.2 Å². The van der Waals surface area contributed by atoms with E-state index in [9.17, 15) is 22.4 Å². The van der Waals surface area contributed by atoms with Crippen LogP contribution in [0.15, 0.2) is 65.7 Å². The Hall–Kier alpha value is -3.68. The molecule has 5 rings (SSSR count). The summed E-state index contributed by atoms with van der Waals surface area (Å²) >= 11 is 0. The fourth-order valence-corrected chi connectivity index (χ4v) is 4.18. The van der Waals surface area contributed by atoms with Crippen molar-refractivity contribution in [2.75, 3.05) is 10.2 Å². The van der Waals surface area contributed by atoms with E-state index < -0.39 is 29.4 Å². The summed E-state index contributed by atoms with van der Waals surface area (Å²) < 4.78 is 55.2. The van der Waals surface area contributed by atoms with Crippen LogP contribution in [-0.2, 0) is 24.1 Å². The van der Waals surface area contributed by atoms with E-state index in [4.69, 9.17) is 0 Å². The lowest BCUT2D eigenvalue weighted by Gasteiger charge is -2.23. The third-order valence-electron chi connectivity index (χ3n) is 5.73. The molecule has 162 valence electrons. The normalized spacial score (nSPS) is 17.6. The topological polar surface area (TPSA) is 44.7 Å². The molecule has 3 aromatic rings. The number of alkyl halides is 3. The standard InChI is InChI=1S/C24H17F4N3O/c25-16-5-7-21-18(9-16)19(23(32)30-21)11-29-17-6-8-22(20(10-17)24(26,27)28)31-12-14-3-1-2-4-15(14)13-31/h1-11,19H,12-13H2,(H,30,32). The summed E-state index contributed by atoms with van der Waals surface area (Å²) in [4.78, 5) is 18.0. The van der Waals surface area contributed by atoms with E-state index in [0.717, 1.165) is 17.2 Å². The lowest BCUT2D eigenvalue weighted by molar-refractivity contribution is -0.137. The molecule has 0 aromatic heterocycles. The van der Waals surface area contributed by atoms with Crippen LogP contribution in [0.2, 0.25) is 0 Å². The summed E-state index contributed by atoms with van der Waals surface area (Å²) in [7, 11) is 0. The molecule has 0 fully saturated rings. The van der Waals surface area contributed by atoms with E-state index in [2.05, 4.69) is 10.3 Å². The van der Waals surface area contributed by atoms with E-state index >= 15 is 0 Å². The molecule has 2 heterocycles. The summed E-state index contributed by atoms with van der Waals surface area (Å²) in [6, 6.07) is 15.3. The number of halogens is 4. The van der Waals surface area contributed by atoms with Crippen molar-refractivity contribution < 1.29 is 22.4 Å². The third-order valence-corrected chi connectivity index (χ3v) is 5.73. The second-order valence-corrected chi connectivity index (χ2v) is 7.80. The van der Waals surface area contributed by atoms with Crippen molar-refractivity contribution in [3.8, 4) is 0 Å². The Labute approximate surface area is 181 Å². The van der Waals surface area contributed by atoms with Crippen molar-refractivity contribution in [2.24, 2.45) is 4.99 Å². The molecule has 3 aromatic carbocycles. The molecule has 1 amide bonds. The first kappa shape index (κ1) is 20.2. The highest BCUT2D eigenvalue weighted by Gasteiger charge is 2.36. The van der Waals surface area contributed by atoms with Gasteiger partial charge in [0.05, 0.1) is 11.3 Å². The molecular weight excluding hydrogens is 422 g/mol. The molecule has 0 spiro atoms. The van der Waals surface area contributed by atoms with Gasteiger partial charge in [-0.15, -0.1) is 0 Å². The lowest BCUT2D eigenvalue weighted by Crippen LogP contribution is -2.19. The number of rotatable bonds is 3. The summed E-state index contributed by atoms with van der Waals surface area (Å²) in [5, 5.41) is 2.62. The quantitative estimate of drug-likeness (QED) is 0.414. The minimum atomic E-state index is -4.57. The molecule has 1 N–H and O–H groups in total. The van der Waals surface area contributed by atoms with Gasteiger partial charge >= 0.3 is 6.18 Å².